The maximum atomic E-state index is 12.2. The fourth-order valence-electron chi connectivity index (χ4n) is 4.49. The summed E-state index contributed by atoms with van der Waals surface area (Å²) in [6.45, 7) is 6.24. The van der Waals surface area contributed by atoms with Crippen LogP contribution in [-0.2, 0) is 9.53 Å². The van der Waals surface area contributed by atoms with Crippen LogP contribution in [0, 0.1) is 17.3 Å². The van der Waals surface area contributed by atoms with Gasteiger partial charge in [-0.05, 0) is 56.8 Å². The molecule has 3 nitrogen and oxygen atoms in total. The van der Waals surface area contributed by atoms with Crippen LogP contribution in [0.4, 0.5) is 0 Å². The predicted octanol–water partition coefficient (Wildman–Crippen LogP) is 3.69. The molecule has 0 saturated heterocycles. The Kier molecular flexibility index (Phi) is 4.78. The molecule has 0 aliphatic heterocycles. The van der Waals surface area contributed by atoms with E-state index in [0.29, 0.717) is 12.0 Å². The van der Waals surface area contributed by atoms with Crippen LogP contribution in [0.2, 0.25) is 0 Å². The fourth-order valence-corrected chi connectivity index (χ4v) is 4.49. The average molecular weight is 282 g/mol. The largest absolute Gasteiger partial charge is 0.466 e. The second-order valence-corrected chi connectivity index (χ2v) is 7.28. The normalized spacial score (nSPS) is 25.9. The minimum absolute atomic E-state index is 0.122. The number of carbonyl (C=O) groups is 1. The van der Waals surface area contributed by atoms with Gasteiger partial charge in [0.15, 0.2) is 0 Å². The van der Waals surface area contributed by atoms with Crippen LogP contribution in [0.1, 0.15) is 72.1 Å². The van der Waals surface area contributed by atoms with E-state index in [0.717, 1.165) is 25.7 Å². The molecule has 2 fully saturated rings. The maximum absolute atomic E-state index is 12.2. The minimum atomic E-state index is -0.853. The van der Waals surface area contributed by atoms with Gasteiger partial charge < -0.3 is 9.84 Å². The van der Waals surface area contributed by atoms with Crippen LogP contribution >= 0.6 is 0 Å². The number of hydrogen-bond acceptors (Lipinski definition) is 3. The molecule has 20 heavy (non-hydrogen) atoms. The molecule has 3 heteroatoms. The summed E-state index contributed by atoms with van der Waals surface area (Å²) in [6, 6.07) is 0. The lowest BCUT2D eigenvalue weighted by Gasteiger charge is -2.46. The second kappa shape index (κ2) is 6.05. The number of ether oxygens (including phenoxy) is 1. The number of esters is 1. The Hall–Kier alpha value is -0.570. The van der Waals surface area contributed by atoms with Crippen molar-refractivity contribution in [1.29, 1.82) is 0 Å². The van der Waals surface area contributed by atoms with Gasteiger partial charge in [0.05, 0.1) is 18.1 Å². The van der Waals surface area contributed by atoms with Crippen molar-refractivity contribution >= 4 is 5.97 Å². The Morgan fingerprint density at radius 2 is 1.65 bits per heavy atom. The summed E-state index contributed by atoms with van der Waals surface area (Å²) in [7, 11) is 0. The highest BCUT2D eigenvalue weighted by molar-refractivity contribution is 5.74. The van der Waals surface area contributed by atoms with E-state index in [1.165, 1.54) is 25.7 Å². The topological polar surface area (TPSA) is 46.5 Å². The second-order valence-electron chi connectivity index (χ2n) is 7.28. The molecule has 0 aromatic heterocycles. The molecule has 1 atom stereocenters. The summed E-state index contributed by atoms with van der Waals surface area (Å²) < 4.78 is 5.20. The molecule has 1 unspecified atom stereocenters. The van der Waals surface area contributed by atoms with Gasteiger partial charge in [-0.1, -0.05) is 26.7 Å². The van der Waals surface area contributed by atoms with Gasteiger partial charge in [-0.25, -0.2) is 0 Å². The van der Waals surface area contributed by atoms with Crippen molar-refractivity contribution in [3.63, 3.8) is 0 Å². The maximum Gasteiger partial charge on any atom is 0.312 e. The standard InChI is InChI=1S/C17H30O3/c1-4-20-15(18)14(13(2)3)17(19)11-9-16(10-12-17)7-5-6-8-16/h13-14,19H,4-12H2,1-3H3. The van der Waals surface area contributed by atoms with Gasteiger partial charge in [0, 0.05) is 0 Å². The molecular formula is C17H30O3. The molecule has 2 aliphatic carbocycles. The highest BCUT2D eigenvalue weighted by atomic mass is 16.5. The third-order valence-corrected chi connectivity index (χ3v) is 5.63. The van der Waals surface area contributed by atoms with E-state index < -0.39 is 5.60 Å². The summed E-state index contributed by atoms with van der Waals surface area (Å²) >= 11 is 0. The molecule has 0 amide bonds. The van der Waals surface area contributed by atoms with E-state index in [1.807, 2.05) is 20.8 Å². The Morgan fingerprint density at radius 1 is 1.10 bits per heavy atom. The molecule has 116 valence electrons. The zero-order valence-corrected chi connectivity index (χ0v) is 13.3. The summed E-state index contributed by atoms with van der Waals surface area (Å²) in [6.07, 6.45) is 8.97. The van der Waals surface area contributed by atoms with Crippen molar-refractivity contribution in [2.75, 3.05) is 6.61 Å². The molecule has 0 radical (unpaired) electrons. The van der Waals surface area contributed by atoms with E-state index in [9.17, 15) is 9.90 Å². The lowest BCUT2D eigenvalue weighted by molar-refractivity contribution is -0.167. The molecule has 2 aliphatic rings. The van der Waals surface area contributed by atoms with Crippen molar-refractivity contribution in [2.45, 2.75) is 77.7 Å². The molecule has 1 N–H and O–H groups in total. The van der Waals surface area contributed by atoms with E-state index in [4.69, 9.17) is 4.74 Å². The number of carbonyl (C=O) groups excluding carboxylic acids is 1. The number of rotatable bonds is 4. The zero-order chi connectivity index (χ0) is 14.8. The summed E-state index contributed by atoms with van der Waals surface area (Å²) in [5.41, 5.74) is -0.378. The zero-order valence-electron chi connectivity index (χ0n) is 13.3. The first kappa shape index (κ1) is 15.8. The van der Waals surface area contributed by atoms with Crippen molar-refractivity contribution in [1.82, 2.24) is 0 Å². The van der Waals surface area contributed by atoms with Gasteiger partial charge in [-0.2, -0.15) is 0 Å². The summed E-state index contributed by atoms with van der Waals surface area (Å²) in [4.78, 5) is 12.2. The first-order valence-corrected chi connectivity index (χ1v) is 8.31. The average Bonchev–Trinajstić information content (AvgIpc) is 2.82. The van der Waals surface area contributed by atoms with Crippen LogP contribution < -0.4 is 0 Å². The fraction of sp³-hybridized carbons (Fsp3) is 0.941. The van der Waals surface area contributed by atoms with Gasteiger partial charge in [-0.3, -0.25) is 4.79 Å². The lowest BCUT2D eigenvalue weighted by atomic mass is 9.62. The van der Waals surface area contributed by atoms with Crippen LogP contribution in [-0.4, -0.2) is 23.3 Å². The van der Waals surface area contributed by atoms with E-state index in [2.05, 4.69) is 0 Å². The van der Waals surface area contributed by atoms with E-state index in [-0.39, 0.29) is 17.8 Å². The van der Waals surface area contributed by atoms with E-state index in [1.54, 1.807) is 0 Å². The van der Waals surface area contributed by atoms with Crippen molar-refractivity contribution < 1.29 is 14.6 Å². The van der Waals surface area contributed by atoms with Crippen LogP contribution in [0.25, 0.3) is 0 Å². The number of aliphatic hydroxyl groups is 1. The summed E-state index contributed by atoms with van der Waals surface area (Å²) in [5, 5.41) is 11.0. The monoisotopic (exact) mass is 282 g/mol. The first-order valence-electron chi connectivity index (χ1n) is 8.31. The molecule has 0 aromatic carbocycles. The van der Waals surface area contributed by atoms with E-state index >= 15 is 0 Å². The smallest absolute Gasteiger partial charge is 0.312 e. The van der Waals surface area contributed by atoms with Gasteiger partial charge in [-0.15, -0.1) is 0 Å². The first-order chi connectivity index (χ1) is 9.42. The molecule has 2 rings (SSSR count). The SMILES string of the molecule is CCOC(=O)C(C(C)C)C1(O)CCC2(CCCC2)CC1. The minimum Gasteiger partial charge on any atom is -0.466 e. The highest BCUT2D eigenvalue weighted by Gasteiger charge is 2.50. The predicted molar refractivity (Wildman–Crippen MR) is 79.3 cm³/mol. The molecular weight excluding hydrogens is 252 g/mol. The molecule has 2 saturated carbocycles. The highest BCUT2D eigenvalue weighted by Crippen LogP contribution is 2.53. The Bertz CT molecular complexity index is 332. The Labute approximate surface area is 123 Å². The summed E-state index contributed by atoms with van der Waals surface area (Å²) in [5.74, 6) is -0.467. The molecule has 0 heterocycles. The van der Waals surface area contributed by atoms with Gasteiger partial charge in [0.2, 0.25) is 0 Å². The molecule has 0 bridgehead atoms. The third kappa shape index (κ3) is 3.03. The quantitative estimate of drug-likeness (QED) is 0.800. The molecule has 0 aromatic rings. The Balaban J connectivity index is 2.07. The van der Waals surface area contributed by atoms with Crippen molar-refractivity contribution in [3.8, 4) is 0 Å². The third-order valence-electron chi connectivity index (χ3n) is 5.63. The van der Waals surface area contributed by atoms with Crippen LogP contribution in [0.3, 0.4) is 0 Å². The van der Waals surface area contributed by atoms with Gasteiger partial charge in [0.1, 0.15) is 0 Å². The number of hydrogen-bond donors (Lipinski definition) is 1. The van der Waals surface area contributed by atoms with Gasteiger partial charge >= 0.3 is 5.97 Å². The van der Waals surface area contributed by atoms with Crippen molar-refractivity contribution in [2.24, 2.45) is 17.3 Å². The van der Waals surface area contributed by atoms with Crippen LogP contribution in [0.5, 0.6) is 0 Å². The Morgan fingerprint density at radius 3 is 2.10 bits per heavy atom. The lowest BCUT2D eigenvalue weighted by Crippen LogP contribution is -2.49. The van der Waals surface area contributed by atoms with Crippen LogP contribution in [0.15, 0.2) is 0 Å². The molecule has 1 spiro atoms. The van der Waals surface area contributed by atoms with Gasteiger partial charge in [0.25, 0.3) is 0 Å². The van der Waals surface area contributed by atoms with Crippen molar-refractivity contribution in [3.05, 3.63) is 0 Å².